The van der Waals surface area contributed by atoms with Crippen molar-refractivity contribution in [2.45, 2.75) is 32.9 Å². The molecule has 0 saturated carbocycles. The van der Waals surface area contributed by atoms with Crippen molar-refractivity contribution in [3.05, 3.63) is 65.0 Å². The minimum atomic E-state index is -1.09. The number of carbonyl (C=O) groups is 1. The van der Waals surface area contributed by atoms with E-state index >= 15 is 0 Å². The quantitative estimate of drug-likeness (QED) is 0.457. The van der Waals surface area contributed by atoms with Crippen LogP contribution in [0.1, 0.15) is 23.6 Å². The molecular formula is C24H26FN5O3. The van der Waals surface area contributed by atoms with E-state index in [0.717, 1.165) is 5.56 Å². The van der Waals surface area contributed by atoms with Gasteiger partial charge in [-0.05, 0) is 56.2 Å². The monoisotopic (exact) mass is 451 g/mol. The number of anilines is 3. The highest BCUT2D eigenvalue weighted by atomic mass is 19.1. The van der Waals surface area contributed by atoms with Crippen LogP contribution in [0, 0.1) is 19.7 Å². The molecule has 0 aliphatic carbocycles. The number of benzene rings is 2. The van der Waals surface area contributed by atoms with Crippen LogP contribution in [0.25, 0.3) is 11.3 Å². The van der Waals surface area contributed by atoms with Crippen molar-refractivity contribution in [1.29, 1.82) is 0 Å². The Labute approximate surface area is 191 Å². The maximum atomic E-state index is 13.8. The molecule has 0 radical (unpaired) electrons. The van der Waals surface area contributed by atoms with E-state index in [-0.39, 0.29) is 37.6 Å². The number of urea groups is 1. The second-order valence-electron chi connectivity index (χ2n) is 8.44. The van der Waals surface area contributed by atoms with Crippen LogP contribution >= 0.6 is 0 Å². The lowest BCUT2D eigenvalue weighted by Gasteiger charge is -2.33. The van der Waals surface area contributed by atoms with Gasteiger partial charge in [0.2, 0.25) is 5.95 Å². The van der Waals surface area contributed by atoms with Crippen molar-refractivity contribution in [3.8, 4) is 11.3 Å². The largest absolute Gasteiger partial charge is 0.394 e. The van der Waals surface area contributed by atoms with Crippen molar-refractivity contribution in [2.24, 2.45) is 0 Å². The Morgan fingerprint density at radius 2 is 1.85 bits per heavy atom. The average Bonchev–Trinajstić information content (AvgIpc) is 2.79. The molecule has 8 nitrogen and oxygen atoms in total. The number of hydrogen-bond donors (Lipinski definition) is 4. The third-order valence-corrected chi connectivity index (χ3v) is 5.73. The molecule has 0 bridgehead atoms. The second-order valence-corrected chi connectivity index (χ2v) is 8.44. The van der Waals surface area contributed by atoms with E-state index in [9.17, 15) is 19.4 Å². The summed E-state index contributed by atoms with van der Waals surface area (Å²) in [6, 6.07) is 11.5. The predicted molar refractivity (Wildman–Crippen MR) is 124 cm³/mol. The standard InChI is InChI=1S/C24H26FN5O3/c1-14-6-4-5-7-19(14)30-21-18(11-26-23(30)33)20(17-9-8-16(25)10-15(17)2)27-22(28-21)29-24(3,12-31)13-32/h4-10,31-32H,11-13H2,1-3H3,(H,26,33)(H,27,28,29). The third kappa shape index (κ3) is 4.24. The summed E-state index contributed by atoms with van der Waals surface area (Å²) in [5.41, 5.74) is 3.01. The van der Waals surface area contributed by atoms with Gasteiger partial charge in [0.15, 0.2) is 5.82 Å². The van der Waals surface area contributed by atoms with Gasteiger partial charge in [-0.3, -0.25) is 0 Å². The first-order valence-corrected chi connectivity index (χ1v) is 10.6. The van der Waals surface area contributed by atoms with Crippen molar-refractivity contribution in [3.63, 3.8) is 0 Å². The number of rotatable bonds is 6. The molecule has 1 aliphatic rings. The Kier molecular flexibility index (Phi) is 6.01. The van der Waals surface area contributed by atoms with Crippen LogP contribution < -0.4 is 15.5 Å². The van der Waals surface area contributed by atoms with Crippen LogP contribution in [0.2, 0.25) is 0 Å². The SMILES string of the molecule is Cc1cc(F)ccc1-c1nc(NC(C)(CO)CO)nc2c1CNC(=O)N2c1ccccc1C. The molecule has 1 aromatic heterocycles. The Balaban J connectivity index is 1.97. The Morgan fingerprint density at radius 1 is 1.12 bits per heavy atom. The van der Waals surface area contributed by atoms with Crippen molar-refractivity contribution >= 4 is 23.5 Å². The van der Waals surface area contributed by atoms with Gasteiger partial charge in [-0.1, -0.05) is 18.2 Å². The Hall–Kier alpha value is -3.56. The van der Waals surface area contributed by atoms with Gasteiger partial charge in [0.25, 0.3) is 0 Å². The average molecular weight is 452 g/mol. The van der Waals surface area contributed by atoms with Crippen LogP contribution in [0.3, 0.4) is 0 Å². The fourth-order valence-corrected chi connectivity index (χ4v) is 3.77. The van der Waals surface area contributed by atoms with Crippen molar-refractivity contribution < 1.29 is 19.4 Å². The molecule has 0 spiro atoms. The van der Waals surface area contributed by atoms with E-state index in [1.54, 1.807) is 19.9 Å². The smallest absolute Gasteiger partial charge is 0.328 e. The zero-order valence-corrected chi connectivity index (χ0v) is 18.7. The molecule has 1 aliphatic heterocycles. The third-order valence-electron chi connectivity index (χ3n) is 5.73. The molecule has 0 atom stereocenters. The molecule has 33 heavy (non-hydrogen) atoms. The van der Waals surface area contributed by atoms with E-state index < -0.39 is 5.54 Å². The zero-order valence-electron chi connectivity index (χ0n) is 18.7. The molecule has 0 fully saturated rings. The molecular weight excluding hydrogens is 425 g/mol. The molecule has 2 heterocycles. The molecule has 0 unspecified atom stereocenters. The molecule has 4 N–H and O–H groups in total. The van der Waals surface area contributed by atoms with Crippen LogP contribution in [0.4, 0.5) is 26.6 Å². The summed E-state index contributed by atoms with van der Waals surface area (Å²) in [5.74, 6) is 0.148. The number of para-hydroxylation sites is 1. The number of amides is 2. The number of fused-ring (bicyclic) bond motifs is 1. The molecule has 172 valence electrons. The van der Waals surface area contributed by atoms with Gasteiger partial charge < -0.3 is 20.8 Å². The van der Waals surface area contributed by atoms with E-state index in [4.69, 9.17) is 0 Å². The molecule has 2 amide bonds. The van der Waals surface area contributed by atoms with Crippen LogP contribution in [-0.4, -0.2) is 45.0 Å². The van der Waals surface area contributed by atoms with E-state index in [2.05, 4.69) is 20.6 Å². The first-order chi connectivity index (χ1) is 15.8. The Morgan fingerprint density at radius 3 is 2.52 bits per heavy atom. The minimum absolute atomic E-state index is 0.131. The number of carbonyl (C=O) groups excluding carboxylic acids is 1. The first-order valence-electron chi connectivity index (χ1n) is 10.6. The zero-order chi connectivity index (χ0) is 23.8. The summed E-state index contributed by atoms with van der Waals surface area (Å²) in [5, 5.41) is 25.4. The maximum Gasteiger partial charge on any atom is 0.328 e. The van der Waals surface area contributed by atoms with E-state index in [1.165, 1.54) is 17.0 Å². The topological polar surface area (TPSA) is 111 Å². The number of aryl methyl sites for hydroxylation is 2. The highest BCUT2D eigenvalue weighted by Gasteiger charge is 2.33. The number of hydrogen-bond acceptors (Lipinski definition) is 6. The van der Waals surface area contributed by atoms with Gasteiger partial charge in [0.1, 0.15) is 5.82 Å². The molecule has 3 aromatic rings. The van der Waals surface area contributed by atoms with E-state index in [1.807, 2.05) is 31.2 Å². The number of nitrogens with one attached hydrogen (secondary N) is 2. The summed E-state index contributed by atoms with van der Waals surface area (Å²) >= 11 is 0. The second kappa shape index (κ2) is 8.76. The van der Waals surface area contributed by atoms with Gasteiger partial charge in [-0.2, -0.15) is 4.98 Å². The van der Waals surface area contributed by atoms with Crippen LogP contribution in [0.15, 0.2) is 42.5 Å². The Bertz CT molecular complexity index is 1210. The first kappa shape index (κ1) is 22.6. The van der Waals surface area contributed by atoms with Gasteiger partial charge in [-0.25, -0.2) is 19.1 Å². The van der Waals surface area contributed by atoms with Gasteiger partial charge in [0.05, 0.1) is 36.7 Å². The lowest BCUT2D eigenvalue weighted by atomic mass is 9.99. The highest BCUT2D eigenvalue weighted by Crippen LogP contribution is 2.38. The summed E-state index contributed by atoms with van der Waals surface area (Å²) in [6.45, 7) is 4.78. The molecule has 0 saturated heterocycles. The van der Waals surface area contributed by atoms with Gasteiger partial charge in [-0.15, -0.1) is 0 Å². The summed E-state index contributed by atoms with van der Waals surface area (Å²) in [6.07, 6.45) is 0. The number of nitrogens with zero attached hydrogens (tertiary/aromatic N) is 3. The summed E-state index contributed by atoms with van der Waals surface area (Å²) in [7, 11) is 0. The lowest BCUT2D eigenvalue weighted by Crippen LogP contribution is -2.45. The van der Waals surface area contributed by atoms with Crippen LogP contribution in [-0.2, 0) is 6.54 Å². The lowest BCUT2D eigenvalue weighted by molar-refractivity contribution is 0.147. The fraction of sp³-hybridized carbons (Fsp3) is 0.292. The predicted octanol–water partition coefficient (Wildman–Crippen LogP) is 3.42. The number of halogens is 1. The van der Waals surface area contributed by atoms with E-state index in [0.29, 0.717) is 33.9 Å². The molecule has 4 rings (SSSR count). The summed E-state index contributed by atoms with van der Waals surface area (Å²) < 4.78 is 13.8. The summed E-state index contributed by atoms with van der Waals surface area (Å²) in [4.78, 5) is 23.7. The minimum Gasteiger partial charge on any atom is -0.394 e. The number of aliphatic hydroxyl groups excluding tert-OH is 2. The van der Waals surface area contributed by atoms with Gasteiger partial charge >= 0.3 is 6.03 Å². The molecule has 9 heteroatoms. The van der Waals surface area contributed by atoms with Crippen molar-refractivity contribution in [1.82, 2.24) is 15.3 Å². The van der Waals surface area contributed by atoms with Crippen LogP contribution in [0.5, 0.6) is 0 Å². The fourth-order valence-electron chi connectivity index (χ4n) is 3.77. The normalized spacial score (nSPS) is 13.5. The molecule has 2 aromatic carbocycles. The maximum absolute atomic E-state index is 13.8. The highest BCUT2D eigenvalue weighted by molar-refractivity contribution is 6.02. The number of aliphatic hydroxyl groups is 2. The number of aromatic nitrogens is 2. The van der Waals surface area contributed by atoms with Crippen molar-refractivity contribution in [2.75, 3.05) is 23.4 Å². The van der Waals surface area contributed by atoms with Gasteiger partial charge in [0, 0.05) is 11.1 Å².